The smallest absolute Gasteiger partial charge is 0.326 e. The van der Waals surface area contributed by atoms with E-state index < -0.39 is 35.9 Å². The number of nitriles is 1. The van der Waals surface area contributed by atoms with Gasteiger partial charge in [0.15, 0.2) is 0 Å². The Balaban J connectivity index is 2.60. The van der Waals surface area contributed by atoms with Gasteiger partial charge in [0.05, 0.1) is 30.7 Å². The molecule has 1 aromatic carbocycles. The molecule has 1 aliphatic heterocycles. The van der Waals surface area contributed by atoms with Crippen LogP contribution in [0.15, 0.2) is 24.3 Å². The van der Waals surface area contributed by atoms with E-state index in [0.29, 0.717) is 11.1 Å². The zero-order valence-electron chi connectivity index (χ0n) is 15.9. The lowest BCUT2D eigenvalue weighted by Gasteiger charge is -2.30. The molecule has 144 valence electrons. The summed E-state index contributed by atoms with van der Waals surface area (Å²) in [5.41, 5.74) is 1.05. The van der Waals surface area contributed by atoms with Gasteiger partial charge in [-0.3, -0.25) is 9.59 Å². The van der Waals surface area contributed by atoms with E-state index in [1.54, 1.807) is 31.2 Å². The number of carbonyl (C=O) groups is 3. The van der Waals surface area contributed by atoms with Crippen molar-refractivity contribution in [2.24, 2.45) is 17.8 Å². The van der Waals surface area contributed by atoms with Crippen LogP contribution in [0.1, 0.15) is 44.4 Å². The van der Waals surface area contributed by atoms with Crippen LogP contribution in [0.4, 0.5) is 0 Å². The quantitative estimate of drug-likeness (QED) is 0.795. The summed E-state index contributed by atoms with van der Waals surface area (Å²) in [6, 6.07) is 6.64. The molecule has 1 saturated heterocycles. The van der Waals surface area contributed by atoms with Gasteiger partial charge in [0.2, 0.25) is 5.91 Å². The first kappa shape index (κ1) is 20.4. The van der Waals surface area contributed by atoms with Gasteiger partial charge in [-0.15, -0.1) is 0 Å². The third kappa shape index (κ3) is 3.95. The summed E-state index contributed by atoms with van der Waals surface area (Å²) in [6.07, 6.45) is 0.178. The number of aliphatic carboxylic acids is 1. The number of benzene rings is 1. The van der Waals surface area contributed by atoms with Crippen LogP contribution in [0.5, 0.6) is 0 Å². The van der Waals surface area contributed by atoms with Crippen LogP contribution in [0, 0.1) is 29.1 Å². The first-order valence-electron chi connectivity index (χ1n) is 8.84. The zero-order chi connectivity index (χ0) is 20.3. The van der Waals surface area contributed by atoms with Gasteiger partial charge >= 0.3 is 11.9 Å². The molecule has 1 aliphatic rings. The molecule has 0 bridgehead atoms. The summed E-state index contributed by atoms with van der Waals surface area (Å²) in [5, 5.41) is 18.8. The van der Waals surface area contributed by atoms with E-state index in [2.05, 4.69) is 0 Å². The maximum absolute atomic E-state index is 12.9. The standard InChI is InChI=1S/C20H24N2O5/c1-11(2)9-15(23)22-17(19(24)25)12(3)16(20(26)27-4)18(22)14-7-5-13(10-21)6-8-14/h5-8,11-12,16-18H,9H2,1-4H3,(H,24,25). The van der Waals surface area contributed by atoms with E-state index >= 15 is 0 Å². The molecule has 7 heteroatoms. The Kier molecular flexibility index (Phi) is 6.21. The van der Waals surface area contributed by atoms with Crippen molar-refractivity contribution in [2.45, 2.75) is 39.3 Å². The highest BCUT2D eigenvalue weighted by molar-refractivity contribution is 5.88. The summed E-state index contributed by atoms with van der Waals surface area (Å²) in [4.78, 5) is 38.7. The number of rotatable bonds is 5. The second kappa shape index (κ2) is 8.21. The van der Waals surface area contributed by atoms with Crippen LogP contribution in [0.3, 0.4) is 0 Å². The minimum atomic E-state index is -1.15. The molecule has 1 amide bonds. The molecule has 1 aromatic rings. The number of likely N-dealkylation sites (tertiary alicyclic amines) is 1. The fourth-order valence-corrected chi connectivity index (χ4v) is 3.79. The SMILES string of the molecule is COC(=O)C1C(C)C(C(=O)O)N(C(=O)CC(C)C)C1c1ccc(C#N)cc1. The number of methoxy groups -OCH3 is 1. The number of hydrogen-bond donors (Lipinski definition) is 1. The molecule has 0 aliphatic carbocycles. The minimum Gasteiger partial charge on any atom is -0.480 e. The topological polar surface area (TPSA) is 108 Å². The lowest BCUT2D eigenvalue weighted by Crippen LogP contribution is -2.44. The average molecular weight is 372 g/mol. The van der Waals surface area contributed by atoms with Gasteiger partial charge in [0.25, 0.3) is 0 Å². The highest BCUT2D eigenvalue weighted by Gasteiger charge is 2.55. The molecule has 2 rings (SSSR count). The second-order valence-corrected chi connectivity index (χ2v) is 7.27. The number of esters is 1. The van der Waals surface area contributed by atoms with E-state index in [-0.39, 0.29) is 18.2 Å². The third-order valence-electron chi connectivity index (χ3n) is 4.98. The molecule has 0 saturated carbocycles. The fourth-order valence-electron chi connectivity index (χ4n) is 3.79. The van der Waals surface area contributed by atoms with E-state index in [1.165, 1.54) is 12.0 Å². The predicted octanol–water partition coefficient (Wildman–Crippen LogP) is 2.37. The molecule has 7 nitrogen and oxygen atoms in total. The zero-order valence-corrected chi connectivity index (χ0v) is 15.9. The van der Waals surface area contributed by atoms with Gasteiger partial charge in [0, 0.05) is 12.3 Å². The van der Waals surface area contributed by atoms with Crippen molar-refractivity contribution in [1.29, 1.82) is 5.26 Å². The molecule has 4 unspecified atom stereocenters. The number of carbonyl (C=O) groups excluding carboxylic acids is 2. The summed E-state index contributed by atoms with van der Waals surface area (Å²) < 4.78 is 4.92. The molecule has 1 N–H and O–H groups in total. The van der Waals surface area contributed by atoms with Crippen LogP contribution in [0.25, 0.3) is 0 Å². The minimum absolute atomic E-state index is 0.0426. The van der Waals surface area contributed by atoms with Crippen molar-refractivity contribution >= 4 is 17.8 Å². The fraction of sp³-hybridized carbons (Fsp3) is 0.500. The van der Waals surface area contributed by atoms with Gasteiger partial charge in [0.1, 0.15) is 6.04 Å². The average Bonchev–Trinajstić information content (AvgIpc) is 2.94. The molecular formula is C20H24N2O5. The van der Waals surface area contributed by atoms with E-state index in [9.17, 15) is 19.5 Å². The Morgan fingerprint density at radius 3 is 2.30 bits per heavy atom. The number of hydrogen-bond acceptors (Lipinski definition) is 5. The van der Waals surface area contributed by atoms with Crippen molar-refractivity contribution in [3.05, 3.63) is 35.4 Å². The van der Waals surface area contributed by atoms with Crippen LogP contribution < -0.4 is 0 Å². The lowest BCUT2D eigenvalue weighted by atomic mass is 9.85. The van der Waals surface area contributed by atoms with Crippen molar-refractivity contribution in [3.63, 3.8) is 0 Å². The summed E-state index contributed by atoms with van der Waals surface area (Å²) in [6.45, 7) is 5.41. The van der Waals surface area contributed by atoms with Crippen LogP contribution in [-0.4, -0.2) is 41.0 Å². The Labute approximate surface area is 158 Å². The molecule has 27 heavy (non-hydrogen) atoms. The Bertz CT molecular complexity index is 766. The third-order valence-corrected chi connectivity index (χ3v) is 4.98. The largest absolute Gasteiger partial charge is 0.480 e. The monoisotopic (exact) mass is 372 g/mol. The summed E-state index contributed by atoms with van der Waals surface area (Å²) in [7, 11) is 1.25. The second-order valence-electron chi connectivity index (χ2n) is 7.27. The van der Waals surface area contributed by atoms with Gasteiger partial charge in [-0.2, -0.15) is 5.26 Å². The van der Waals surface area contributed by atoms with Crippen molar-refractivity contribution in [1.82, 2.24) is 4.90 Å². The molecule has 0 radical (unpaired) electrons. The van der Waals surface area contributed by atoms with Crippen LogP contribution in [0.2, 0.25) is 0 Å². The van der Waals surface area contributed by atoms with Crippen molar-refractivity contribution in [3.8, 4) is 6.07 Å². The Hall–Kier alpha value is -2.88. The highest BCUT2D eigenvalue weighted by atomic mass is 16.5. The van der Waals surface area contributed by atoms with Gasteiger partial charge in [-0.05, 0) is 23.6 Å². The number of nitrogens with zero attached hydrogens (tertiary/aromatic N) is 2. The number of amides is 1. The molecule has 1 heterocycles. The van der Waals surface area contributed by atoms with Gasteiger partial charge < -0.3 is 14.7 Å². The van der Waals surface area contributed by atoms with Gasteiger partial charge in [-0.1, -0.05) is 32.9 Å². The van der Waals surface area contributed by atoms with Crippen molar-refractivity contribution < 1.29 is 24.2 Å². The van der Waals surface area contributed by atoms with Gasteiger partial charge in [-0.25, -0.2) is 4.79 Å². The first-order chi connectivity index (χ1) is 12.7. The molecule has 0 spiro atoms. The maximum Gasteiger partial charge on any atom is 0.326 e. The van der Waals surface area contributed by atoms with E-state index in [4.69, 9.17) is 10.00 Å². The predicted molar refractivity (Wildman–Crippen MR) is 96.3 cm³/mol. The lowest BCUT2D eigenvalue weighted by molar-refractivity contribution is -0.151. The Morgan fingerprint density at radius 2 is 1.85 bits per heavy atom. The normalized spacial score (nSPS) is 24.5. The first-order valence-corrected chi connectivity index (χ1v) is 8.84. The van der Waals surface area contributed by atoms with Crippen LogP contribution >= 0.6 is 0 Å². The van der Waals surface area contributed by atoms with Crippen molar-refractivity contribution in [2.75, 3.05) is 7.11 Å². The molecule has 4 atom stereocenters. The molecule has 1 fully saturated rings. The van der Waals surface area contributed by atoms with Crippen LogP contribution in [-0.2, 0) is 19.1 Å². The number of ether oxygens (including phenoxy) is 1. The summed E-state index contributed by atoms with van der Waals surface area (Å²) >= 11 is 0. The number of carboxylic acid groups (broad SMARTS) is 1. The summed E-state index contributed by atoms with van der Waals surface area (Å²) in [5.74, 6) is -3.40. The Morgan fingerprint density at radius 1 is 1.26 bits per heavy atom. The molecular weight excluding hydrogens is 348 g/mol. The maximum atomic E-state index is 12.9. The van der Waals surface area contributed by atoms with E-state index in [0.717, 1.165) is 0 Å². The number of carboxylic acids is 1. The molecule has 0 aromatic heterocycles. The van der Waals surface area contributed by atoms with E-state index in [1.807, 2.05) is 19.9 Å². The highest BCUT2D eigenvalue weighted by Crippen LogP contribution is 2.46.